The van der Waals surface area contributed by atoms with Crippen molar-refractivity contribution in [3.05, 3.63) is 34.9 Å². The number of carbonyl (C=O) groups is 1. The summed E-state index contributed by atoms with van der Waals surface area (Å²) in [6.45, 7) is 8.58. The average molecular weight is 237 g/mol. The highest BCUT2D eigenvalue weighted by molar-refractivity contribution is 6.34. The molecule has 0 radical (unpaired) electrons. The summed E-state index contributed by atoms with van der Waals surface area (Å²) in [5.74, 6) is 0.264. The van der Waals surface area contributed by atoms with Crippen molar-refractivity contribution in [3.8, 4) is 0 Å². The number of Topliss-reactive ketones (excluding diaryl/α,β-unsaturated/α-hetero) is 1. The van der Waals surface area contributed by atoms with E-state index in [1.165, 1.54) is 0 Å². The van der Waals surface area contributed by atoms with Crippen LogP contribution in [-0.4, -0.2) is 5.78 Å². The van der Waals surface area contributed by atoms with Gasteiger partial charge in [-0.05, 0) is 23.0 Å². The molecule has 2 heteroatoms. The predicted octanol–water partition coefficient (Wildman–Crippen LogP) is 4.20. The zero-order chi connectivity index (χ0) is 12.1. The van der Waals surface area contributed by atoms with Gasteiger partial charge < -0.3 is 0 Å². The van der Waals surface area contributed by atoms with Crippen LogP contribution < -0.4 is 0 Å². The second-order valence-electron chi connectivity index (χ2n) is 5.72. The van der Waals surface area contributed by atoms with Gasteiger partial charge in [-0.15, -0.1) is 0 Å². The van der Waals surface area contributed by atoms with Gasteiger partial charge in [-0.25, -0.2) is 0 Å². The molecule has 0 amide bonds. The topological polar surface area (TPSA) is 17.1 Å². The summed E-state index contributed by atoms with van der Waals surface area (Å²) in [6, 6.07) is 7.30. The molecule has 1 saturated carbocycles. The van der Waals surface area contributed by atoms with Crippen LogP contribution in [0.2, 0.25) is 5.02 Å². The lowest BCUT2D eigenvalue weighted by molar-refractivity contribution is 0.0945. The van der Waals surface area contributed by atoms with Gasteiger partial charge in [0.25, 0.3) is 0 Å². The molecule has 0 heterocycles. The van der Waals surface area contributed by atoms with Crippen molar-refractivity contribution in [2.24, 2.45) is 16.7 Å². The van der Waals surface area contributed by atoms with Crippen LogP contribution in [0.1, 0.15) is 38.1 Å². The quantitative estimate of drug-likeness (QED) is 0.704. The zero-order valence-corrected chi connectivity index (χ0v) is 10.9. The zero-order valence-electron chi connectivity index (χ0n) is 10.2. The molecule has 1 nitrogen and oxygen atoms in total. The first-order valence-electron chi connectivity index (χ1n) is 5.59. The molecule has 86 valence electrons. The molecule has 1 aromatic carbocycles. The van der Waals surface area contributed by atoms with Crippen LogP contribution >= 0.6 is 11.6 Å². The van der Waals surface area contributed by atoms with Crippen LogP contribution in [0.15, 0.2) is 24.3 Å². The van der Waals surface area contributed by atoms with Gasteiger partial charge in [0.1, 0.15) is 0 Å². The van der Waals surface area contributed by atoms with E-state index >= 15 is 0 Å². The first-order valence-corrected chi connectivity index (χ1v) is 5.96. The van der Waals surface area contributed by atoms with E-state index in [2.05, 4.69) is 27.7 Å². The molecule has 0 saturated heterocycles. The molecule has 1 fully saturated rings. The van der Waals surface area contributed by atoms with E-state index in [9.17, 15) is 4.79 Å². The Morgan fingerprint density at radius 3 is 2.06 bits per heavy atom. The minimum absolute atomic E-state index is 0.0727. The van der Waals surface area contributed by atoms with Crippen molar-refractivity contribution < 1.29 is 4.79 Å². The van der Waals surface area contributed by atoms with Crippen molar-refractivity contribution in [1.29, 1.82) is 0 Å². The summed E-state index contributed by atoms with van der Waals surface area (Å²) in [4.78, 5) is 12.4. The van der Waals surface area contributed by atoms with E-state index in [4.69, 9.17) is 11.6 Å². The molecule has 1 aromatic rings. The van der Waals surface area contributed by atoms with Crippen molar-refractivity contribution in [3.63, 3.8) is 0 Å². The molecule has 1 aliphatic carbocycles. The first kappa shape index (κ1) is 11.7. The molecule has 0 spiro atoms. The molecule has 1 aliphatic rings. The SMILES string of the molecule is CC1(C)C(C(=O)c2ccccc2Cl)C1(C)C. The highest BCUT2D eigenvalue weighted by atomic mass is 35.5. The van der Waals surface area contributed by atoms with E-state index in [0.29, 0.717) is 10.6 Å². The van der Waals surface area contributed by atoms with E-state index < -0.39 is 0 Å². The highest BCUT2D eigenvalue weighted by Gasteiger charge is 2.67. The van der Waals surface area contributed by atoms with E-state index in [1.54, 1.807) is 6.07 Å². The molecule has 0 unspecified atom stereocenters. The molecule has 0 aliphatic heterocycles. The fourth-order valence-corrected chi connectivity index (χ4v) is 2.90. The Hall–Kier alpha value is -0.820. The van der Waals surface area contributed by atoms with Crippen molar-refractivity contribution in [2.45, 2.75) is 27.7 Å². The van der Waals surface area contributed by atoms with Gasteiger partial charge in [-0.2, -0.15) is 0 Å². The van der Waals surface area contributed by atoms with Crippen molar-refractivity contribution in [1.82, 2.24) is 0 Å². The molecule has 0 N–H and O–H groups in total. The van der Waals surface area contributed by atoms with E-state index in [0.717, 1.165) is 0 Å². The number of benzene rings is 1. The Morgan fingerprint density at radius 1 is 1.12 bits per heavy atom. The minimum Gasteiger partial charge on any atom is -0.294 e. The fourth-order valence-electron chi connectivity index (χ4n) is 2.67. The maximum atomic E-state index is 12.4. The Bertz CT molecular complexity index is 432. The Labute approximate surface area is 102 Å². The molecule has 0 bridgehead atoms. The Morgan fingerprint density at radius 2 is 1.62 bits per heavy atom. The number of rotatable bonds is 2. The lowest BCUT2D eigenvalue weighted by atomic mass is 10.0. The first-order chi connectivity index (χ1) is 7.30. The summed E-state index contributed by atoms with van der Waals surface area (Å²) < 4.78 is 0. The second kappa shape index (κ2) is 3.33. The van der Waals surface area contributed by atoms with Gasteiger partial charge in [0.2, 0.25) is 0 Å². The van der Waals surface area contributed by atoms with Gasteiger partial charge in [0.15, 0.2) is 5.78 Å². The number of carbonyl (C=O) groups excluding carboxylic acids is 1. The summed E-state index contributed by atoms with van der Waals surface area (Å²) in [7, 11) is 0. The molecule has 0 atom stereocenters. The Kier molecular flexibility index (Phi) is 2.43. The number of hydrogen-bond acceptors (Lipinski definition) is 1. The second-order valence-corrected chi connectivity index (χ2v) is 6.13. The third-order valence-corrected chi connectivity index (χ3v) is 4.75. The van der Waals surface area contributed by atoms with Crippen LogP contribution in [-0.2, 0) is 0 Å². The number of hydrogen-bond donors (Lipinski definition) is 0. The summed E-state index contributed by atoms with van der Waals surface area (Å²) in [6.07, 6.45) is 0. The third-order valence-electron chi connectivity index (χ3n) is 4.42. The Balaban J connectivity index is 2.34. The number of ketones is 1. The highest BCUT2D eigenvalue weighted by Crippen LogP contribution is 2.69. The van der Waals surface area contributed by atoms with Gasteiger partial charge in [0, 0.05) is 11.5 Å². The van der Waals surface area contributed by atoms with Gasteiger partial charge in [0.05, 0.1) is 5.02 Å². The fraction of sp³-hybridized carbons (Fsp3) is 0.500. The molecular formula is C14H17ClO. The lowest BCUT2D eigenvalue weighted by Crippen LogP contribution is -2.07. The van der Waals surface area contributed by atoms with Crippen LogP contribution in [0.4, 0.5) is 0 Å². The predicted molar refractivity (Wildman–Crippen MR) is 66.8 cm³/mol. The van der Waals surface area contributed by atoms with Crippen LogP contribution in [0, 0.1) is 16.7 Å². The monoisotopic (exact) mass is 236 g/mol. The smallest absolute Gasteiger partial charge is 0.168 e. The summed E-state index contributed by atoms with van der Waals surface area (Å²) in [5.41, 5.74) is 0.805. The molecule has 16 heavy (non-hydrogen) atoms. The normalized spacial score (nSPS) is 21.8. The van der Waals surface area contributed by atoms with E-state index in [-0.39, 0.29) is 22.5 Å². The molecular weight excluding hydrogens is 220 g/mol. The van der Waals surface area contributed by atoms with Crippen molar-refractivity contribution >= 4 is 17.4 Å². The standard InChI is InChI=1S/C14H17ClO/c1-13(2)12(14(13,3)4)11(16)9-7-5-6-8-10(9)15/h5-8,12H,1-4H3. The van der Waals surface area contributed by atoms with Gasteiger partial charge in [-0.1, -0.05) is 51.4 Å². The van der Waals surface area contributed by atoms with Crippen LogP contribution in [0.5, 0.6) is 0 Å². The molecule has 0 aromatic heterocycles. The maximum absolute atomic E-state index is 12.4. The number of halogens is 1. The van der Waals surface area contributed by atoms with Gasteiger partial charge >= 0.3 is 0 Å². The summed E-state index contributed by atoms with van der Waals surface area (Å²) in [5, 5.41) is 0.561. The minimum atomic E-state index is 0.0727. The third kappa shape index (κ3) is 1.41. The largest absolute Gasteiger partial charge is 0.294 e. The summed E-state index contributed by atoms with van der Waals surface area (Å²) >= 11 is 6.06. The maximum Gasteiger partial charge on any atom is 0.168 e. The average Bonchev–Trinajstić information content (AvgIpc) is 2.57. The van der Waals surface area contributed by atoms with E-state index in [1.807, 2.05) is 18.2 Å². The van der Waals surface area contributed by atoms with Crippen LogP contribution in [0.25, 0.3) is 0 Å². The van der Waals surface area contributed by atoms with Crippen molar-refractivity contribution in [2.75, 3.05) is 0 Å². The van der Waals surface area contributed by atoms with Crippen LogP contribution in [0.3, 0.4) is 0 Å². The van der Waals surface area contributed by atoms with Gasteiger partial charge in [-0.3, -0.25) is 4.79 Å². The lowest BCUT2D eigenvalue weighted by Gasteiger charge is -2.04. The molecule has 2 rings (SSSR count).